The molecule has 0 aromatic heterocycles. The molecule has 1 aromatic carbocycles. The molecule has 0 amide bonds. The van der Waals surface area contributed by atoms with E-state index >= 15 is 0 Å². The number of hydrogen-bond acceptors (Lipinski definition) is 5. The highest BCUT2D eigenvalue weighted by atomic mass is 16.5. The van der Waals surface area contributed by atoms with Gasteiger partial charge in [0.2, 0.25) is 5.96 Å². The molecule has 0 saturated carbocycles. The van der Waals surface area contributed by atoms with Gasteiger partial charge < -0.3 is 19.5 Å². The first-order valence-corrected chi connectivity index (χ1v) is 6.20. The Labute approximate surface area is 119 Å². The van der Waals surface area contributed by atoms with Gasteiger partial charge in [-0.2, -0.15) is 0 Å². The average molecular weight is 282 g/mol. The van der Waals surface area contributed by atoms with Crippen LogP contribution >= 0.6 is 0 Å². The molecule has 1 rings (SSSR count). The quantitative estimate of drug-likeness (QED) is 0.218. The average Bonchev–Trinajstić information content (AvgIpc) is 2.50. The van der Waals surface area contributed by atoms with Crippen LogP contribution in [-0.4, -0.2) is 40.4 Å². The highest BCUT2D eigenvalue weighted by Gasteiger charge is 2.04. The fourth-order valence-electron chi connectivity index (χ4n) is 1.57. The minimum Gasteiger partial charge on any atom is -0.493 e. The third kappa shape index (κ3) is 4.94. The van der Waals surface area contributed by atoms with Gasteiger partial charge in [-0.25, -0.2) is 10.8 Å². The van der Waals surface area contributed by atoms with E-state index in [0.717, 1.165) is 5.56 Å². The van der Waals surface area contributed by atoms with E-state index < -0.39 is 0 Å². The Morgan fingerprint density at radius 1 is 1.20 bits per heavy atom. The lowest BCUT2D eigenvalue weighted by Crippen LogP contribution is -2.42. The zero-order valence-corrected chi connectivity index (χ0v) is 12.1. The van der Waals surface area contributed by atoms with Crippen LogP contribution in [0.25, 0.3) is 0 Å². The Morgan fingerprint density at radius 3 is 2.55 bits per heavy atom. The molecule has 0 saturated heterocycles. The molecule has 112 valence electrons. The van der Waals surface area contributed by atoms with Crippen LogP contribution in [0.1, 0.15) is 5.56 Å². The summed E-state index contributed by atoms with van der Waals surface area (Å²) in [6, 6.07) is 5.65. The molecular formula is C13H22N4O3. The zero-order valence-electron chi connectivity index (χ0n) is 12.1. The molecule has 20 heavy (non-hydrogen) atoms. The first kappa shape index (κ1) is 16.1. The number of hydrazine groups is 1. The van der Waals surface area contributed by atoms with Gasteiger partial charge in [-0.05, 0) is 17.7 Å². The molecule has 0 aliphatic rings. The Kier molecular flexibility index (Phi) is 7.23. The van der Waals surface area contributed by atoms with Crippen molar-refractivity contribution in [2.45, 2.75) is 6.54 Å². The number of methoxy groups -OCH3 is 3. The van der Waals surface area contributed by atoms with Crippen molar-refractivity contribution in [1.29, 1.82) is 0 Å². The first-order chi connectivity index (χ1) is 9.74. The lowest BCUT2D eigenvalue weighted by Gasteiger charge is -2.10. The van der Waals surface area contributed by atoms with Crippen molar-refractivity contribution < 1.29 is 14.2 Å². The Morgan fingerprint density at radius 2 is 1.95 bits per heavy atom. The molecule has 0 spiro atoms. The summed E-state index contributed by atoms with van der Waals surface area (Å²) in [6.45, 7) is 1.68. The van der Waals surface area contributed by atoms with Crippen LogP contribution in [0, 0.1) is 0 Å². The van der Waals surface area contributed by atoms with Gasteiger partial charge >= 0.3 is 0 Å². The van der Waals surface area contributed by atoms with Gasteiger partial charge in [-0.3, -0.25) is 5.43 Å². The monoisotopic (exact) mass is 282 g/mol. The molecule has 7 heteroatoms. The van der Waals surface area contributed by atoms with Crippen LogP contribution in [0.3, 0.4) is 0 Å². The Hall–Kier alpha value is -1.99. The van der Waals surface area contributed by atoms with Crippen LogP contribution in [0.4, 0.5) is 0 Å². The predicted molar refractivity (Wildman–Crippen MR) is 77.9 cm³/mol. The number of nitrogens with one attached hydrogen (secondary N) is 2. The SMILES string of the molecule is COCCNC(=NCc1ccc(OC)c(OC)c1)NN. The number of aliphatic imine (C=N–C) groups is 1. The van der Waals surface area contributed by atoms with Crippen LogP contribution in [0.5, 0.6) is 11.5 Å². The van der Waals surface area contributed by atoms with E-state index in [4.69, 9.17) is 20.1 Å². The normalized spacial score (nSPS) is 11.1. The molecular weight excluding hydrogens is 260 g/mol. The van der Waals surface area contributed by atoms with Crippen molar-refractivity contribution in [3.63, 3.8) is 0 Å². The highest BCUT2D eigenvalue weighted by molar-refractivity contribution is 5.79. The third-order valence-corrected chi connectivity index (χ3v) is 2.60. The Bertz CT molecular complexity index is 438. The van der Waals surface area contributed by atoms with Crippen molar-refractivity contribution in [3.8, 4) is 11.5 Å². The molecule has 0 bridgehead atoms. The number of benzene rings is 1. The largest absolute Gasteiger partial charge is 0.493 e. The van der Waals surface area contributed by atoms with E-state index in [1.165, 1.54) is 0 Å². The number of rotatable bonds is 7. The van der Waals surface area contributed by atoms with Crippen molar-refractivity contribution in [3.05, 3.63) is 23.8 Å². The first-order valence-electron chi connectivity index (χ1n) is 6.20. The second-order valence-corrected chi connectivity index (χ2v) is 3.92. The van der Waals surface area contributed by atoms with E-state index in [0.29, 0.717) is 37.2 Å². The van der Waals surface area contributed by atoms with Crippen molar-refractivity contribution >= 4 is 5.96 Å². The van der Waals surface area contributed by atoms with E-state index in [-0.39, 0.29) is 0 Å². The summed E-state index contributed by atoms with van der Waals surface area (Å²) in [7, 11) is 4.84. The van der Waals surface area contributed by atoms with Gasteiger partial charge in [0, 0.05) is 13.7 Å². The standard InChI is InChI=1S/C13H22N4O3/c1-18-7-6-15-13(17-14)16-9-10-4-5-11(19-2)12(8-10)20-3/h4-5,8H,6-7,9,14H2,1-3H3,(H2,15,16,17). The van der Waals surface area contributed by atoms with Crippen LogP contribution in [-0.2, 0) is 11.3 Å². The van der Waals surface area contributed by atoms with Crippen LogP contribution in [0.2, 0.25) is 0 Å². The van der Waals surface area contributed by atoms with E-state index in [1.807, 2.05) is 18.2 Å². The zero-order chi connectivity index (χ0) is 14.8. The van der Waals surface area contributed by atoms with Gasteiger partial charge in [-0.15, -0.1) is 0 Å². The number of nitrogens with zero attached hydrogens (tertiary/aromatic N) is 1. The fourth-order valence-corrected chi connectivity index (χ4v) is 1.57. The summed E-state index contributed by atoms with van der Waals surface area (Å²) in [5, 5.41) is 3.02. The van der Waals surface area contributed by atoms with E-state index in [1.54, 1.807) is 21.3 Å². The maximum atomic E-state index is 5.39. The number of nitrogens with two attached hydrogens (primary N) is 1. The maximum Gasteiger partial charge on any atom is 0.206 e. The second-order valence-electron chi connectivity index (χ2n) is 3.92. The summed E-state index contributed by atoms with van der Waals surface area (Å²) in [5.74, 6) is 7.27. The van der Waals surface area contributed by atoms with Crippen molar-refractivity contribution in [2.75, 3.05) is 34.5 Å². The molecule has 0 heterocycles. The van der Waals surface area contributed by atoms with Gasteiger partial charge in [0.05, 0.1) is 27.4 Å². The summed E-state index contributed by atoms with van der Waals surface area (Å²) >= 11 is 0. The van der Waals surface area contributed by atoms with Gasteiger partial charge in [-0.1, -0.05) is 6.07 Å². The smallest absolute Gasteiger partial charge is 0.206 e. The molecule has 1 aromatic rings. The predicted octanol–water partition coefficient (Wildman–Crippen LogP) is 0.259. The number of guanidine groups is 1. The number of ether oxygens (including phenoxy) is 3. The lowest BCUT2D eigenvalue weighted by atomic mass is 10.2. The molecule has 0 aliphatic carbocycles. The minimum absolute atomic E-state index is 0.472. The van der Waals surface area contributed by atoms with Gasteiger partial charge in [0.25, 0.3) is 0 Å². The maximum absolute atomic E-state index is 5.39. The molecule has 7 nitrogen and oxygen atoms in total. The highest BCUT2D eigenvalue weighted by Crippen LogP contribution is 2.27. The summed E-state index contributed by atoms with van der Waals surface area (Å²) < 4.78 is 15.4. The fraction of sp³-hybridized carbons (Fsp3) is 0.462. The number of hydrogen-bond donors (Lipinski definition) is 3. The van der Waals surface area contributed by atoms with Gasteiger partial charge in [0.15, 0.2) is 11.5 Å². The Balaban J connectivity index is 2.66. The topological polar surface area (TPSA) is 90.1 Å². The summed E-state index contributed by atoms with van der Waals surface area (Å²) in [4.78, 5) is 4.33. The molecule has 0 atom stereocenters. The van der Waals surface area contributed by atoms with E-state index in [9.17, 15) is 0 Å². The van der Waals surface area contributed by atoms with Crippen molar-refractivity contribution in [2.24, 2.45) is 10.8 Å². The molecule has 0 fully saturated rings. The van der Waals surface area contributed by atoms with Crippen LogP contribution in [0.15, 0.2) is 23.2 Å². The molecule has 0 radical (unpaired) electrons. The van der Waals surface area contributed by atoms with E-state index in [2.05, 4.69) is 15.7 Å². The molecule has 0 aliphatic heterocycles. The lowest BCUT2D eigenvalue weighted by molar-refractivity contribution is 0.203. The minimum atomic E-state index is 0.472. The van der Waals surface area contributed by atoms with Crippen LogP contribution < -0.4 is 26.1 Å². The summed E-state index contributed by atoms with van der Waals surface area (Å²) in [6.07, 6.45) is 0. The molecule has 0 unspecified atom stereocenters. The van der Waals surface area contributed by atoms with Crippen molar-refractivity contribution in [1.82, 2.24) is 10.7 Å². The second kappa shape index (κ2) is 9.00. The van der Waals surface area contributed by atoms with Gasteiger partial charge in [0.1, 0.15) is 0 Å². The third-order valence-electron chi connectivity index (χ3n) is 2.60. The summed E-state index contributed by atoms with van der Waals surface area (Å²) in [5.41, 5.74) is 3.50. The molecule has 4 N–H and O–H groups in total.